The maximum absolute atomic E-state index is 12.9. The van der Waals surface area contributed by atoms with Crippen molar-refractivity contribution in [1.29, 1.82) is 0 Å². The van der Waals surface area contributed by atoms with E-state index in [0.717, 1.165) is 11.1 Å². The molecule has 0 atom stereocenters. The number of hydrogen-bond acceptors (Lipinski definition) is 5. The number of sulfonamides is 1. The Bertz CT molecular complexity index is 1170. The summed E-state index contributed by atoms with van der Waals surface area (Å²) in [6.45, 7) is 3.81. The smallest absolute Gasteiger partial charge is 0.243 e. The fourth-order valence-corrected chi connectivity index (χ4v) is 4.07. The lowest BCUT2D eigenvalue weighted by atomic mass is 10.2. The molecule has 2 aromatic carbocycles. The highest BCUT2D eigenvalue weighted by Gasteiger charge is 2.20. The van der Waals surface area contributed by atoms with Crippen LogP contribution in [0, 0.1) is 6.92 Å². The summed E-state index contributed by atoms with van der Waals surface area (Å²) in [6, 6.07) is 16.0. The summed E-state index contributed by atoms with van der Waals surface area (Å²) in [6.07, 6.45) is 3.81. The molecule has 0 aliphatic heterocycles. The van der Waals surface area contributed by atoms with Crippen LogP contribution in [-0.4, -0.2) is 30.8 Å². The standard InChI is InChI=1S/C23H25N3O4S/c1-4-22(27)24-23-17(2)25-30-21(23)15-12-18-10-13-20(14-11-18)31(28,29)26(3)16-19-8-6-5-7-9-19/h5-15H,4,16H2,1-3H3,(H,24,27). The Balaban J connectivity index is 1.74. The molecule has 1 amide bonds. The van der Waals surface area contributed by atoms with Crippen LogP contribution in [0.25, 0.3) is 12.2 Å². The molecule has 0 radical (unpaired) electrons. The van der Waals surface area contributed by atoms with Gasteiger partial charge in [0.15, 0.2) is 5.76 Å². The van der Waals surface area contributed by atoms with Crippen LogP contribution in [-0.2, 0) is 21.4 Å². The van der Waals surface area contributed by atoms with Crippen LogP contribution in [0.5, 0.6) is 0 Å². The Labute approximate surface area is 182 Å². The van der Waals surface area contributed by atoms with Crippen molar-refractivity contribution in [2.75, 3.05) is 12.4 Å². The van der Waals surface area contributed by atoms with E-state index in [9.17, 15) is 13.2 Å². The molecule has 0 saturated heterocycles. The van der Waals surface area contributed by atoms with Crippen molar-refractivity contribution in [2.45, 2.75) is 31.7 Å². The maximum atomic E-state index is 12.9. The lowest BCUT2D eigenvalue weighted by Crippen LogP contribution is -2.26. The fourth-order valence-electron chi connectivity index (χ4n) is 2.91. The first-order valence-electron chi connectivity index (χ1n) is 9.85. The van der Waals surface area contributed by atoms with Gasteiger partial charge in [-0.15, -0.1) is 0 Å². The molecule has 7 nitrogen and oxygen atoms in total. The third kappa shape index (κ3) is 5.48. The van der Waals surface area contributed by atoms with Gasteiger partial charge in [-0.2, -0.15) is 4.31 Å². The number of aryl methyl sites for hydroxylation is 1. The van der Waals surface area contributed by atoms with E-state index in [2.05, 4.69) is 10.5 Å². The van der Waals surface area contributed by atoms with Crippen LogP contribution in [0.3, 0.4) is 0 Å². The quantitative estimate of drug-likeness (QED) is 0.564. The third-order valence-corrected chi connectivity index (χ3v) is 6.56. The minimum atomic E-state index is -3.61. The van der Waals surface area contributed by atoms with Gasteiger partial charge >= 0.3 is 0 Å². The van der Waals surface area contributed by atoms with E-state index in [1.807, 2.05) is 30.3 Å². The highest BCUT2D eigenvalue weighted by atomic mass is 32.2. The number of anilines is 1. The number of nitrogens with zero attached hydrogens (tertiary/aromatic N) is 2. The number of carbonyl (C=O) groups is 1. The molecule has 3 aromatic rings. The predicted molar refractivity (Wildman–Crippen MR) is 121 cm³/mol. The Kier molecular flexibility index (Phi) is 7.04. The molecule has 0 spiro atoms. The molecule has 1 heterocycles. The van der Waals surface area contributed by atoms with Crippen molar-refractivity contribution < 1.29 is 17.7 Å². The zero-order chi connectivity index (χ0) is 22.4. The second kappa shape index (κ2) is 9.72. The molecule has 162 valence electrons. The molecule has 0 saturated carbocycles. The predicted octanol–water partition coefficient (Wildman–Crippen LogP) is 4.32. The number of carbonyl (C=O) groups excluding carboxylic acids is 1. The summed E-state index contributed by atoms with van der Waals surface area (Å²) in [7, 11) is -2.04. The van der Waals surface area contributed by atoms with Crippen LogP contribution in [0.1, 0.15) is 35.9 Å². The Hall–Kier alpha value is -3.23. The number of benzene rings is 2. The van der Waals surface area contributed by atoms with Gasteiger partial charge < -0.3 is 9.84 Å². The van der Waals surface area contributed by atoms with E-state index in [4.69, 9.17) is 4.52 Å². The topological polar surface area (TPSA) is 92.5 Å². The number of rotatable bonds is 8. The Morgan fingerprint density at radius 1 is 1.10 bits per heavy atom. The molecule has 0 aliphatic carbocycles. The summed E-state index contributed by atoms with van der Waals surface area (Å²) in [4.78, 5) is 11.9. The van der Waals surface area contributed by atoms with Gasteiger partial charge in [-0.25, -0.2) is 8.42 Å². The van der Waals surface area contributed by atoms with E-state index in [1.165, 1.54) is 4.31 Å². The van der Waals surface area contributed by atoms with Crippen LogP contribution in [0.4, 0.5) is 5.69 Å². The first kappa shape index (κ1) is 22.5. The number of hydrogen-bond donors (Lipinski definition) is 1. The molecule has 0 fully saturated rings. The first-order valence-corrected chi connectivity index (χ1v) is 11.3. The van der Waals surface area contributed by atoms with Crippen molar-refractivity contribution in [3.8, 4) is 0 Å². The maximum Gasteiger partial charge on any atom is 0.243 e. The summed E-state index contributed by atoms with van der Waals surface area (Å²) in [5.41, 5.74) is 2.82. The van der Waals surface area contributed by atoms with E-state index in [1.54, 1.807) is 57.3 Å². The fraction of sp³-hybridized carbons (Fsp3) is 0.217. The minimum absolute atomic E-state index is 0.130. The van der Waals surface area contributed by atoms with E-state index >= 15 is 0 Å². The lowest BCUT2D eigenvalue weighted by Gasteiger charge is -2.17. The third-order valence-electron chi connectivity index (χ3n) is 4.74. The Morgan fingerprint density at radius 2 is 1.77 bits per heavy atom. The number of amides is 1. The van der Waals surface area contributed by atoms with Gasteiger partial charge in [-0.1, -0.05) is 60.6 Å². The SMILES string of the molecule is CCC(=O)Nc1c(C)noc1C=Cc1ccc(S(=O)(=O)N(C)Cc2ccccc2)cc1. The van der Waals surface area contributed by atoms with Crippen molar-refractivity contribution in [2.24, 2.45) is 0 Å². The second-order valence-corrected chi connectivity index (χ2v) is 9.10. The van der Waals surface area contributed by atoms with Crippen LogP contribution < -0.4 is 5.32 Å². The van der Waals surface area contributed by atoms with E-state index < -0.39 is 10.0 Å². The molecule has 3 rings (SSSR count). The average Bonchev–Trinajstić information content (AvgIpc) is 3.12. The van der Waals surface area contributed by atoms with Gasteiger partial charge in [0, 0.05) is 20.0 Å². The monoisotopic (exact) mass is 439 g/mol. The van der Waals surface area contributed by atoms with Crippen LogP contribution in [0.15, 0.2) is 64.0 Å². The molecule has 8 heteroatoms. The second-order valence-electron chi connectivity index (χ2n) is 7.06. The number of nitrogens with one attached hydrogen (secondary N) is 1. The van der Waals surface area contributed by atoms with Crippen molar-refractivity contribution in [1.82, 2.24) is 9.46 Å². The highest BCUT2D eigenvalue weighted by Crippen LogP contribution is 2.23. The lowest BCUT2D eigenvalue weighted by molar-refractivity contribution is -0.115. The van der Waals surface area contributed by atoms with Gasteiger partial charge in [0.05, 0.1) is 4.90 Å². The summed E-state index contributed by atoms with van der Waals surface area (Å²) < 4.78 is 32.3. The number of aromatic nitrogens is 1. The first-order chi connectivity index (χ1) is 14.8. The zero-order valence-corrected chi connectivity index (χ0v) is 18.5. The summed E-state index contributed by atoms with van der Waals surface area (Å²) in [5.74, 6) is 0.300. The molecule has 0 aliphatic rings. The molecule has 1 aromatic heterocycles. The molecule has 0 bridgehead atoms. The summed E-state index contributed by atoms with van der Waals surface area (Å²) >= 11 is 0. The van der Waals surface area contributed by atoms with Crippen molar-refractivity contribution in [3.63, 3.8) is 0 Å². The van der Waals surface area contributed by atoms with Gasteiger partial charge in [0.1, 0.15) is 11.4 Å². The van der Waals surface area contributed by atoms with Crippen LogP contribution >= 0.6 is 0 Å². The van der Waals surface area contributed by atoms with E-state index in [0.29, 0.717) is 30.1 Å². The van der Waals surface area contributed by atoms with Gasteiger partial charge in [-0.3, -0.25) is 4.79 Å². The van der Waals surface area contributed by atoms with E-state index in [-0.39, 0.29) is 10.8 Å². The van der Waals surface area contributed by atoms with Gasteiger partial charge in [0.2, 0.25) is 15.9 Å². The van der Waals surface area contributed by atoms with Crippen LogP contribution in [0.2, 0.25) is 0 Å². The minimum Gasteiger partial charge on any atom is -0.354 e. The van der Waals surface area contributed by atoms with Gasteiger partial charge in [-0.05, 0) is 36.3 Å². The largest absolute Gasteiger partial charge is 0.354 e. The molecule has 31 heavy (non-hydrogen) atoms. The summed E-state index contributed by atoms with van der Waals surface area (Å²) in [5, 5.41) is 6.67. The van der Waals surface area contributed by atoms with Crippen molar-refractivity contribution >= 4 is 33.8 Å². The molecular formula is C23H25N3O4S. The molecular weight excluding hydrogens is 414 g/mol. The normalized spacial score (nSPS) is 11.9. The highest BCUT2D eigenvalue weighted by molar-refractivity contribution is 7.89. The Morgan fingerprint density at radius 3 is 2.42 bits per heavy atom. The van der Waals surface area contributed by atoms with Gasteiger partial charge in [0.25, 0.3) is 0 Å². The molecule has 1 N–H and O–H groups in total. The zero-order valence-electron chi connectivity index (χ0n) is 17.7. The average molecular weight is 440 g/mol. The molecule has 0 unspecified atom stereocenters. The van der Waals surface area contributed by atoms with Crippen molar-refractivity contribution in [3.05, 3.63) is 77.2 Å².